The lowest BCUT2D eigenvalue weighted by Gasteiger charge is -2.08. The smallest absolute Gasteiger partial charge is 0.363 e. The van der Waals surface area contributed by atoms with Crippen LogP contribution >= 0.6 is 23.4 Å². The van der Waals surface area contributed by atoms with Gasteiger partial charge in [0.25, 0.3) is 0 Å². The number of hydrogen-bond acceptors (Lipinski definition) is 5. The van der Waals surface area contributed by atoms with Gasteiger partial charge in [-0.15, -0.1) is 0 Å². The molecule has 0 unspecified atom stereocenters. The number of carbonyl (C=O) groups is 1. The van der Waals surface area contributed by atoms with E-state index in [4.69, 9.17) is 21.3 Å². The lowest BCUT2D eigenvalue weighted by atomic mass is 10.1. The highest BCUT2D eigenvalue weighted by atomic mass is 35.5. The first kappa shape index (κ1) is 19.5. The van der Waals surface area contributed by atoms with Crippen molar-refractivity contribution in [1.82, 2.24) is 4.98 Å². The standard InChI is InChI=1S/C25H15ClN2O2S/c26-19-10-12-20(13-11-19)31-24-18(14-17-8-4-5-9-21(17)28-24)15-22-25(29)30-23(27-22)16-6-2-1-3-7-16/h1-15H. The van der Waals surface area contributed by atoms with Gasteiger partial charge in [-0.3, -0.25) is 0 Å². The van der Waals surface area contributed by atoms with Gasteiger partial charge >= 0.3 is 5.97 Å². The molecule has 0 saturated carbocycles. The minimum atomic E-state index is -0.477. The van der Waals surface area contributed by atoms with Crippen molar-refractivity contribution in [1.29, 1.82) is 0 Å². The summed E-state index contributed by atoms with van der Waals surface area (Å²) < 4.78 is 5.39. The van der Waals surface area contributed by atoms with Crippen molar-refractivity contribution in [2.45, 2.75) is 9.92 Å². The zero-order valence-corrected chi connectivity index (χ0v) is 17.7. The average molecular weight is 443 g/mol. The van der Waals surface area contributed by atoms with Crippen LogP contribution in [0.4, 0.5) is 0 Å². The normalized spacial score (nSPS) is 14.7. The first-order valence-corrected chi connectivity index (χ1v) is 10.8. The third-order valence-corrected chi connectivity index (χ3v) is 5.96. The van der Waals surface area contributed by atoms with E-state index in [0.717, 1.165) is 32.0 Å². The molecule has 6 heteroatoms. The number of hydrogen-bond donors (Lipinski definition) is 0. The number of halogens is 1. The molecule has 0 N–H and O–H groups in total. The quantitative estimate of drug-likeness (QED) is 0.271. The summed E-state index contributed by atoms with van der Waals surface area (Å²) in [7, 11) is 0. The van der Waals surface area contributed by atoms with Gasteiger partial charge in [-0.05, 0) is 54.6 Å². The number of benzene rings is 3. The number of fused-ring (bicyclic) bond motifs is 1. The van der Waals surface area contributed by atoms with Gasteiger partial charge in [0.1, 0.15) is 5.03 Å². The number of aromatic nitrogens is 1. The molecule has 5 rings (SSSR count). The molecule has 1 aliphatic heterocycles. The van der Waals surface area contributed by atoms with E-state index in [2.05, 4.69) is 4.99 Å². The van der Waals surface area contributed by atoms with Crippen molar-refractivity contribution in [3.63, 3.8) is 0 Å². The number of para-hydroxylation sites is 1. The van der Waals surface area contributed by atoms with E-state index in [-0.39, 0.29) is 5.70 Å². The monoisotopic (exact) mass is 442 g/mol. The second kappa shape index (κ2) is 8.38. The van der Waals surface area contributed by atoms with Crippen LogP contribution in [0, 0.1) is 0 Å². The highest BCUT2D eigenvalue weighted by Crippen LogP contribution is 2.33. The fourth-order valence-corrected chi connectivity index (χ4v) is 4.18. The predicted molar refractivity (Wildman–Crippen MR) is 124 cm³/mol. The SMILES string of the molecule is O=C1OC(c2ccccc2)=NC1=Cc1cc2ccccc2nc1Sc1ccc(Cl)cc1. The molecule has 0 atom stereocenters. The van der Waals surface area contributed by atoms with Gasteiger partial charge < -0.3 is 4.74 Å². The zero-order valence-electron chi connectivity index (χ0n) is 16.2. The molecular formula is C25H15ClN2O2S. The molecule has 0 fully saturated rings. The summed E-state index contributed by atoms with van der Waals surface area (Å²) in [5, 5.41) is 2.42. The Bertz CT molecular complexity index is 1350. The molecule has 0 aliphatic carbocycles. The van der Waals surface area contributed by atoms with Crippen molar-refractivity contribution in [2.24, 2.45) is 4.99 Å². The number of aliphatic imine (C=N–C) groups is 1. The van der Waals surface area contributed by atoms with Crippen LogP contribution in [0.3, 0.4) is 0 Å². The topological polar surface area (TPSA) is 51.5 Å². The molecular weight excluding hydrogens is 428 g/mol. The third-order valence-electron chi connectivity index (χ3n) is 4.68. The molecule has 4 aromatic rings. The summed E-state index contributed by atoms with van der Waals surface area (Å²) in [5.41, 5.74) is 2.67. The maximum absolute atomic E-state index is 12.5. The molecule has 3 aromatic carbocycles. The van der Waals surface area contributed by atoms with E-state index in [1.807, 2.05) is 84.9 Å². The zero-order chi connectivity index (χ0) is 21.2. The van der Waals surface area contributed by atoms with Crippen molar-refractivity contribution < 1.29 is 9.53 Å². The molecule has 0 bridgehead atoms. The van der Waals surface area contributed by atoms with Crippen molar-refractivity contribution in [3.8, 4) is 0 Å². The Morgan fingerprint density at radius 2 is 1.65 bits per heavy atom. The van der Waals surface area contributed by atoms with E-state index in [1.54, 1.807) is 6.08 Å². The van der Waals surface area contributed by atoms with Crippen LogP contribution in [0.1, 0.15) is 11.1 Å². The molecule has 1 aliphatic rings. The van der Waals surface area contributed by atoms with Crippen LogP contribution < -0.4 is 0 Å². The Morgan fingerprint density at radius 3 is 2.45 bits per heavy atom. The van der Waals surface area contributed by atoms with Gasteiger partial charge in [0.15, 0.2) is 5.70 Å². The molecule has 150 valence electrons. The molecule has 0 radical (unpaired) electrons. The largest absolute Gasteiger partial charge is 0.402 e. The van der Waals surface area contributed by atoms with E-state index >= 15 is 0 Å². The highest BCUT2D eigenvalue weighted by Gasteiger charge is 2.24. The van der Waals surface area contributed by atoms with Gasteiger partial charge in [0.05, 0.1) is 5.52 Å². The average Bonchev–Trinajstić information content (AvgIpc) is 3.16. The van der Waals surface area contributed by atoms with E-state index < -0.39 is 5.97 Å². The highest BCUT2D eigenvalue weighted by molar-refractivity contribution is 7.99. The Kier molecular flexibility index (Phi) is 5.28. The molecule has 0 spiro atoms. The minimum absolute atomic E-state index is 0.244. The maximum Gasteiger partial charge on any atom is 0.363 e. The Balaban J connectivity index is 1.58. The number of carbonyl (C=O) groups excluding carboxylic acids is 1. The molecule has 31 heavy (non-hydrogen) atoms. The number of nitrogens with zero attached hydrogens (tertiary/aromatic N) is 2. The first-order valence-electron chi connectivity index (χ1n) is 9.57. The summed E-state index contributed by atoms with van der Waals surface area (Å²) in [6.45, 7) is 0. The number of pyridine rings is 1. The molecule has 2 heterocycles. The Hall–Kier alpha value is -3.41. The molecule has 0 saturated heterocycles. The summed E-state index contributed by atoms with van der Waals surface area (Å²) in [6, 6.07) is 26.8. The number of ether oxygens (including phenoxy) is 1. The summed E-state index contributed by atoms with van der Waals surface area (Å²) >= 11 is 7.52. The van der Waals surface area contributed by atoms with Gasteiger partial charge in [-0.2, -0.15) is 0 Å². The van der Waals surface area contributed by atoms with Crippen LogP contribution in [0.5, 0.6) is 0 Å². The second-order valence-corrected chi connectivity index (χ2v) is 8.33. The summed E-state index contributed by atoms with van der Waals surface area (Å²) in [6.07, 6.45) is 1.73. The van der Waals surface area contributed by atoms with Crippen LogP contribution in [-0.4, -0.2) is 16.9 Å². The van der Waals surface area contributed by atoms with Crippen LogP contribution in [-0.2, 0) is 9.53 Å². The van der Waals surface area contributed by atoms with Gasteiger partial charge in [-0.25, -0.2) is 14.8 Å². The van der Waals surface area contributed by atoms with Crippen molar-refractivity contribution in [3.05, 3.63) is 107 Å². The van der Waals surface area contributed by atoms with Crippen LogP contribution in [0.25, 0.3) is 17.0 Å². The van der Waals surface area contributed by atoms with Crippen molar-refractivity contribution in [2.75, 3.05) is 0 Å². The van der Waals surface area contributed by atoms with Gasteiger partial charge in [0, 0.05) is 26.4 Å². The van der Waals surface area contributed by atoms with Crippen molar-refractivity contribution >= 4 is 52.2 Å². The first-order chi connectivity index (χ1) is 15.2. The Morgan fingerprint density at radius 1 is 0.903 bits per heavy atom. The molecule has 1 aromatic heterocycles. The van der Waals surface area contributed by atoms with Crippen LogP contribution in [0.15, 0.2) is 106 Å². The fourth-order valence-electron chi connectivity index (χ4n) is 3.17. The van der Waals surface area contributed by atoms with Crippen LogP contribution in [0.2, 0.25) is 5.02 Å². The fraction of sp³-hybridized carbons (Fsp3) is 0. The summed E-state index contributed by atoms with van der Waals surface area (Å²) in [5.74, 6) is -0.174. The van der Waals surface area contributed by atoms with E-state index in [0.29, 0.717) is 10.9 Å². The Labute approximate surface area is 188 Å². The number of cyclic esters (lactones) is 1. The lowest BCUT2D eigenvalue weighted by molar-refractivity contribution is -0.129. The van der Waals surface area contributed by atoms with Gasteiger partial charge in [0.2, 0.25) is 5.90 Å². The lowest BCUT2D eigenvalue weighted by Crippen LogP contribution is -2.05. The summed E-state index contributed by atoms with van der Waals surface area (Å²) in [4.78, 5) is 22.7. The molecule has 0 amide bonds. The minimum Gasteiger partial charge on any atom is -0.402 e. The van der Waals surface area contributed by atoms with E-state index in [1.165, 1.54) is 11.8 Å². The second-order valence-electron chi connectivity index (χ2n) is 6.83. The third kappa shape index (κ3) is 4.24. The number of esters is 1. The maximum atomic E-state index is 12.5. The van der Waals surface area contributed by atoms with E-state index in [9.17, 15) is 4.79 Å². The predicted octanol–water partition coefficient (Wildman–Crippen LogP) is 6.38. The van der Waals surface area contributed by atoms with Gasteiger partial charge in [-0.1, -0.05) is 59.8 Å². The molecule has 4 nitrogen and oxygen atoms in total. The number of rotatable bonds is 4.